The lowest BCUT2D eigenvalue weighted by molar-refractivity contribution is 0.0999. The maximum Gasteiger partial charge on any atom is 0.0476 e. The summed E-state index contributed by atoms with van der Waals surface area (Å²) in [7, 11) is 0. The van der Waals surface area contributed by atoms with E-state index in [0.29, 0.717) is 10.5 Å². The Labute approximate surface area is 108 Å². The minimum Gasteiger partial charge on any atom is -0.381 e. The van der Waals surface area contributed by atoms with E-state index < -0.39 is 0 Å². The maximum absolute atomic E-state index is 6.30. The summed E-state index contributed by atoms with van der Waals surface area (Å²) in [5, 5.41) is 1.18. The van der Waals surface area contributed by atoms with E-state index >= 15 is 0 Å². The van der Waals surface area contributed by atoms with Crippen LogP contribution in [0.5, 0.6) is 0 Å². The van der Waals surface area contributed by atoms with Gasteiger partial charge in [0.15, 0.2) is 0 Å². The van der Waals surface area contributed by atoms with Gasteiger partial charge in [-0.15, -0.1) is 0 Å². The smallest absolute Gasteiger partial charge is 0.0476 e. The molecule has 2 atom stereocenters. The molecule has 0 amide bonds. The standard InChI is InChI=1S/C14H21NOS/c1-11(17-13-7-9-16-10-8-13)14(15)12-5-3-2-4-6-12/h2-6,11,13-14H,7-10,15H2,1H3. The molecule has 0 bridgehead atoms. The van der Waals surface area contributed by atoms with Crippen molar-refractivity contribution in [1.82, 2.24) is 0 Å². The predicted molar refractivity (Wildman–Crippen MR) is 74.3 cm³/mol. The second-order valence-electron chi connectivity index (χ2n) is 4.59. The van der Waals surface area contributed by atoms with Gasteiger partial charge in [0.05, 0.1) is 0 Å². The van der Waals surface area contributed by atoms with Gasteiger partial charge in [-0.1, -0.05) is 37.3 Å². The largest absolute Gasteiger partial charge is 0.381 e. The zero-order valence-corrected chi connectivity index (χ0v) is 11.2. The Hall–Kier alpha value is -0.510. The average Bonchev–Trinajstić information content (AvgIpc) is 2.40. The molecule has 3 heteroatoms. The Balaban J connectivity index is 1.88. The number of hydrogen-bond acceptors (Lipinski definition) is 3. The molecular formula is C14H21NOS. The molecular weight excluding hydrogens is 230 g/mol. The first-order chi connectivity index (χ1) is 8.27. The molecule has 1 aliphatic heterocycles. The van der Waals surface area contributed by atoms with Crippen LogP contribution in [0.25, 0.3) is 0 Å². The highest BCUT2D eigenvalue weighted by Crippen LogP contribution is 2.31. The summed E-state index contributed by atoms with van der Waals surface area (Å²) in [6.45, 7) is 4.05. The minimum atomic E-state index is 0.129. The summed E-state index contributed by atoms with van der Waals surface area (Å²) in [6.07, 6.45) is 2.33. The van der Waals surface area contributed by atoms with E-state index in [1.807, 2.05) is 17.8 Å². The summed E-state index contributed by atoms with van der Waals surface area (Å²) in [6, 6.07) is 10.5. The molecule has 2 nitrogen and oxygen atoms in total. The molecule has 1 aliphatic rings. The van der Waals surface area contributed by atoms with Crippen molar-refractivity contribution in [2.75, 3.05) is 13.2 Å². The first kappa shape index (κ1) is 12.9. The van der Waals surface area contributed by atoms with Crippen molar-refractivity contribution in [2.45, 2.75) is 36.3 Å². The van der Waals surface area contributed by atoms with Crippen LogP contribution in [0.1, 0.15) is 31.4 Å². The third-order valence-corrected chi connectivity index (χ3v) is 4.84. The molecule has 17 heavy (non-hydrogen) atoms. The van der Waals surface area contributed by atoms with E-state index in [1.54, 1.807) is 0 Å². The molecule has 1 saturated heterocycles. The molecule has 1 heterocycles. The highest BCUT2D eigenvalue weighted by atomic mass is 32.2. The van der Waals surface area contributed by atoms with Gasteiger partial charge in [-0.3, -0.25) is 0 Å². The lowest BCUT2D eigenvalue weighted by atomic mass is 10.1. The Morgan fingerprint density at radius 1 is 1.24 bits per heavy atom. The molecule has 0 radical (unpaired) electrons. The minimum absolute atomic E-state index is 0.129. The molecule has 0 spiro atoms. The molecule has 0 aliphatic carbocycles. The van der Waals surface area contributed by atoms with Crippen molar-refractivity contribution < 1.29 is 4.74 Å². The molecule has 94 valence electrons. The molecule has 1 aromatic rings. The van der Waals surface area contributed by atoms with Gasteiger partial charge in [0.25, 0.3) is 0 Å². The van der Waals surface area contributed by atoms with Gasteiger partial charge in [-0.2, -0.15) is 11.8 Å². The fourth-order valence-electron chi connectivity index (χ4n) is 2.15. The summed E-state index contributed by atoms with van der Waals surface area (Å²) >= 11 is 2.02. The van der Waals surface area contributed by atoms with E-state index in [9.17, 15) is 0 Å². The summed E-state index contributed by atoms with van der Waals surface area (Å²) in [4.78, 5) is 0. The molecule has 2 unspecified atom stereocenters. The molecule has 2 rings (SSSR count). The van der Waals surface area contributed by atoms with Crippen LogP contribution in [0, 0.1) is 0 Å². The van der Waals surface area contributed by atoms with Gasteiger partial charge in [0.2, 0.25) is 0 Å². The number of hydrogen-bond donors (Lipinski definition) is 1. The van der Waals surface area contributed by atoms with Gasteiger partial charge in [-0.05, 0) is 18.4 Å². The molecule has 2 N–H and O–H groups in total. The number of ether oxygens (including phenoxy) is 1. The van der Waals surface area contributed by atoms with Gasteiger partial charge in [0, 0.05) is 29.8 Å². The third kappa shape index (κ3) is 3.73. The van der Waals surface area contributed by atoms with Crippen LogP contribution in [0.4, 0.5) is 0 Å². The summed E-state index contributed by atoms with van der Waals surface area (Å²) < 4.78 is 5.38. The zero-order valence-electron chi connectivity index (χ0n) is 10.3. The maximum atomic E-state index is 6.30. The van der Waals surface area contributed by atoms with Crippen molar-refractivity contribution in [2.24, 2.45) is 5.73 Å². The van der Waals surface area contributed by atoms with Crippen LogP contribution in [0.15, 0.2) is 30.3 Å². The van der Waals surface area contributed by atoms with E-state index in [-0.39, 0.29) is 6.04 Å². The monoisotopic (exact) mass is 251 g/mol. The SMILES string of the molecule is CC(SC1CCOCC1)C(N)c1ccccc1. The normalized spacial score (nSPS) is 21.1. The second kappa shape index (κ2) is 6.43. The molecule has 1 aromatic carbocycles. The van der Waals surface area contributed by atoms with Crippen molar-refractivity contribution in [3.63, 3.8) is 0 Å². The van der Waals surface area contributed by atoms with Gasteiger partial charge >= 0.3 is 0 Å². The number of rotatable bonds is 4. The molecule has 0 saturated carbocycles. The van der Waals surface area contributed by atoms with E-state index in [0.717, 1.165) is 26.1 Å². The van der Waals surface area contributed by atoms with Crippen LogP contribution < -0.4 is 5.73 Å². The first-order valence-corrected chi connectivity index (χ1v) is 7.25. The van der Waals surface area contributed by atoms with Crippen molar-refractivity contribution in [3.8, 4) is 0 Å². The fraction of sp³-hybridized carbons (Fsp3) is 0.571. The molecule has 1 fully saturated rings. The number of benzene rings is 1. The Kier molecular flexibility index (Phi) is 4.89. The van der Waals surface area contributed by atoms with Crippen LogP contribution in [0.3, 0.4) is 0 Å². The zero-order chi connectivity index (χ0) is 12.1. The average molecular weight is 251 g/mol. The van der Waals surface area contributed by atoms with E-state index in [4.69, 9.17) is 10.5 Å². The second-order valence-corrected chi connectivity index (χ2v) is 6.27. The van der Waals surface area contributed by atoms with E-state index in [1.165, 1.54) is 5.56 Å². The van der Waals surface area contributed by atoms with Gasteiger partial charge < -0.3 is 10.5 Å². The fourth-order valence-corrected chi connectivity index (χ4v) is 3.54. The third-order valence-electron chi connectivity index (χ3n) is 3.27. The first-order valence-electron chi connectivity index (χ1n) is 6.31. The number of nitrogens with two attached hydrogens (primary N) is 1. The Morgan fingerprint density at radius 2 is 1.88 bits per heavy atom. The topological polar surface area (TPSA) is 35.2 Å². The van der Waals surface area contributed by atoms with Gasteiger partial charge in [0.1, 0.15) is 0 Å². The summed E-state index contributed by atoms with van der Waals surface area (Å²) in [5.74, 6) is 0. The summed E-state index contributed by atoms with van der Waals surface area (Å²) in [5.41, 5.74) is 7.54. The van der Waals surface area contributed by atoms with Crippen LogP contribution >= 0.6 is 11.8 Å². The highest BCUT2D eigenvalue weighted by Gasteiger charge is 2.21. The van der Waals surface area contributed by atoms with Crippen molar-refractivity contribution in [1.29, 1.82) is 0 Å². The Bertz CT molecular complexity index is 324. The van der Waals surface area contributed by atoms with E-state index in [2.05, 4.69) is 31.2 Å². The molecule has 0 aromatic heterocycles. The number of thioether (sulfide) groups is 1. The Morgan fingerprint density at radius 3 is 2.53 bits per heavy atom. The predicted octanol–water partition coefficient (Wildman–Crippen LogP) is 2.99. The van der Waals surface area contributed by atoms with Crippen LogP contribution in [0.2, 0.25) is 0 Å². The highest BCUT2D eigenvalue weighted by molar-refractivity contribution is 8.00. The quantitative estimate of drug-likeness (QED) is 0.893. The van der Waals surface area contributed by atoms with Gasteiger partial charge in [-0.25, -0.2) is 0 Å². The van der Waals surface area contributed by atoms with Crippen molar-refractivity contribution >= 4 is 11.8 Å². The lowest BCUT2D eigenvalue weighted by Gasteiger charge is -2.27. The van der Waals surface area contributed by atoms with Crippen LogP contribution in [-0.2, 0) is 4.74 Å². The van der Waals surface area contributed by atoms with Crippen LogP contribution in [-0.4, -0.2) is 23.7 Å². The lowest BCUT2D eigenvalue weighted by Crippen LogP contribution is -2.26. The van der Waals surface area contributed by atoms with Crippen molar-refractivity contribution in [3.05, 3.63) is 35.9 Å².